The van der Waals surface area contributed by atoms with Gasteiger partial charge in [0.15, 0.2) is 0 Å². The third-order valence-corrected chi connectivity index (χ3v) is 6.40. The predicted molar refractivity (Wildman–Crippen MR) is 123 cm³/mol. The van der Waals surface area contributed by atoms with Crippen LogP contribution in [0.25, 0.3) is 0 Å². The molecule has 0 aromatic heterocycles. The number of hydrogen-bond donors (Lipinski definition) is 1. The molecule has 0 bridgehead atoms. The quantitative estimate of drug-likeness (QED) is 0.386. The molecule has 1 unspecified atom stereocenters. The molecular formula is C26H43NO2. The van der Waals surface area contributed by atoms with Crippen molar-refractivity contribution in [2.24, 2.45) is 10.8 Å². The lowest BCUT2D eigenvalue weighted by molar-refractivity contribution is 0.0969. The van der Waals surface area contributed by atoms with Crippen molar-refractivity contribution < 1.29 is 9.53 Å². The van der Waals surface area contributed by atoms with Crippen LogP contribution in [0, 0.1) is 10.8 Å². The molecule has 1 amide bonds. The zero-order chi connectivity index (χ0) is 21.2. The van der Waals surface area contributed by atoms with Crippen LogP contribution in [0.2, 0.25) is 0 Å². The number of carbonyl (C=O) groups is 1. The Kier molecular flexibility index (Phi) is 9.52. The third-order valence-electron chi connectivity index (χ3n) is 6.40. The minimum absolute atomic E-state index is 0.168. The molecule has 0 spiro atoms. The van der Waals surface area contributed by atoms with Crippen LogP contribution in [0.5, 0.6) is 5.75 Å². The van der Waals surface area contributed by atoms with Gasteiger partial charge in [-0.1, -0.05) is 84.8 Å². The summed E-state index contributed by atoms with van der Waals surface area (Å²) in [5.41, 5.74) is 1.86. The average molecular weight is 402 g/mol. The van der Waals surface area contributed by atoms with E-state index in [-0.39, 0.29) is 11.5 Å². The van der Waals surface area contributed by atoms with E-state index in [1.54, 1.807) is 0 Å². The molecule has 1 N–H and O–H groups in total. The number of ether oxygens (including phenoxy) is 1. The van der Waals surface area contributed by atoms with E-state index in [1.807, 2.05) is 12.1 Å². The first-order chi connectivity index (χ1) is 13.8. The topological polar surface area (TPSA) is 38.3 Å². The summed E-state index contributed by atoms with van der Waals surface area (Å²) in [7, 11) is 0. The zero-order valence-electron chi connectivity index (χ0n) is 19.3. The first-order valence-corrected chi connectivity index (χ1v) is 11.9. The zero-order valence-corrected chi connectivity index (χ0v) is 19.3. The van der Waals surface area contributed by atoms with Gasteiger partial charge >= 0.3 is 6.09 Å². The molecule has 2 rings (SSSR count). The Labute approximate surface area is 179 Å². The molecule has 3 nitrogen and oxygen atoms in total. The molecule has 1 fully saturated rings. The molecular weight excluding hydrogens is 358 g/mol. The average Bonchev–Trinajstić information content (AvgIpc) is 2.66. The molecule has 1 aliphatic carbocycles. The number of benzene rings is 1. The standard InChI is InChI=1S/C26H43NO2/c1-5-6-7-8-9-10-11-13-22-14-16-23(17-15-22)29-24(28)27-21-26(4)19-12-18-25(2,3)20-26/h14-17H,5-13,18-21H2,1-4H3,(H,27,28). The summed E-state index contributed by atoms with van der Waals surface area (Å²) in [5, 5.41) is 3.00. The normalized spacial score (nSPS) is 21.0. The largest absolute Gasteiger partial charge is 0.412 e. The Bertz CT molecular complexity index is 608. The fourth-order valence-corrected chi connectivity index (χ4v) is 4.92. The monoisotopic (exact) mass is 401 g/mol. The molecule has 1 aromatic rings. The van der Waals surface area contributed by atoms with Crippen LogP contribution in [0.1, 0.15) is 104 Å². The number of nitrogens with one attached hydrogen (secondary N) is 1. The van der Waals surface area contributed by atoms with Crippen molar-refractivity contribution >= 4 is 6.09 Å². The Hall–Kier alpha value is -1.51. The SMILES string of the molecule is CCCCCCCCCc1ccc(OC(=O)NCC2(C)CCCC(C)(C)C2)cc1. The van der Waals surface area contributed by atoms with E-state index in [4.69, 9.17) is 4.74 Å². The van der Waals surface area contributed by atoms with Crippen LogP contribution in [-0.2, 0) is 6.42 Å². The number of carbonyl (C=O) groups excluding carboxylic acids is 1. The minimum atomic E-state index is -0.338. The first kappa shape index (κ1) is 23.8. The van der Waals surface area contributed by atoms with Gasteiger partial charge in [0.05, 0.1) is 0 Å². The lowest BCUT2D eigenvalue weighted by Crippen LogP contribution is -2.41. The fourth-order valence-electron chi connectivity index (χ4n) is 4.92. The molecule has 0 radical (unpaired) electrons. The summed E-state index contributed by atoms with van der Waals surface area (Å²) in [5.74, 6) is 0.625. The van der Waals surface area contributed by atoms with Gasteiger partial charge in [-0.15, -0.1) is 0 Å². The predicted octanol–water partition coefficient (Wildman–Crippen LogP) is 7.67. The van der Waals surface area contributed by atoms with E-state index >= 15 is 0 Å². The maximum atomic E-state index is 12.2. The minimum Gasteiger partial charge on any atom is -0.410 e. The van der Waals surface area contributed by atoms with Crippen LogP contribution < -0.4 is 10.1 Å². The van der Waals surface area contributed by atoms with Gasteiger partial charge in [-0.3, -0.25) is 0 Å². The lowest BCUT2D eigenvalue weighted by atomic mass is 9.64. The maximum Gasteiger partial charge on any atom is 0.412 e. The van der Waals surface area contributed by atoms with Crippen molar-refractivity contribution in [1.82, 2.24) is 5.32 Å². The second-order valence-corrected chi connectivity index (χ2v) is 10.3. The van der Waals surface area contributed by atoms with Crippen molar-refractivity contribution in [3.05, 3.63) is 29.8 Å². The van der Waals surface area contributed by atoms with Gasteiger partial charge in [-0.25, -0.2) is 4.79 Å². The van der Waals surface area contributed by atoms with Gasteiger partial charge in [-0.05, 0) is 60.6 Å². The molecule has 1 aromatic carbocycles. The summed E-state index contributed by atoms with van der Waals surface area (Å²) in [6.07, 6.45) is 14.9. The van der Waals surface area contributed by atoms with Crippen LogP contribution in [0.3, 0.4) is 0 Å². The van der Waals surface area contributed by atoms with Crippen LogP contribution in [-0.4, -0.2) is 12.6 Å². The Morgan fingerprint density at radius 2 is 1.62 bits per heavy atom. The van der Waals surface area contributed by atoms with Gasteiger partial charge in [0, 0.05) is 6.54 Å². The van der Waals surface area contributed by atoms with E-state index in [0.717, 1.165) is 12.8 Å². The van der Waals surface area contributed by atoms with Gasteiger partial charge in [0.25, 0.3) is 0 Å². The molecule has 29 heavy (non-hydrogen) atoms. The second-order valence-electron chi connectivity index (χ2n) is 10.3. The molecule has 0 aliphatic heterocycles. The summed E-state index contributed by atoms with van der Waals surface area (Å²) in [6.45, 7) is 9.89. The van der Waals surface area contributed by atoms with E-state index in [9.17, 15) is 4.79 Å². The molecule has 164 valence electrons. The van der Waals surface area contributed by atoms with E-state index in [1.165, 1.54) is 69.8 Å². The molecule has 1 saturated carbocycles. The van der Waals surface area contributed by atoms with Crippen molar-refractivity contribution in [2.45, 2.75) is 105 Å². The summed E-state index contributed by atoms with van der Waals surface area (Å²) in [4.78, 5) is 12.2. The lowest BCUT2D eigenvalue weighted by Gasteiger charge is -2.42. The highest BCUT2D eigenvalue weighted by Gasteiger charge is 2.36. The number of unbranched alkanes of at least 4 members (excludes halogenated alkanes) is 6. The van der Waals surface area contributed by atoms with Crippen molar-refractivity contribution in [1.29, 1.82) is 0 Å². The molecule has 1 aliphatic rings. The number of hydrogen-bond acceptors (Lipinski definition) is 2. The van der Waals surface area contributed by atoms with E-state index in [2.05, 4.69) is 45.1 Å². The molecule has 1 atom stereocenters. The smallest absolute Gasteiger partial charge is 0.410 e. The number of rotatable bonds is 11. The van der Waals surface area contributed by atoms with Gasteiger partial charge < -0.3 is 10.1 Å². The fraction of sp³-hybridized carbons (Fsp3) is 0.731. The van der Waals surface area contributed by atoms with Gasteiger partial charge in [-0.2, -0.15) is 0 Å². The van der Waals surface area contributed by atoms with Crippen molar-refractivity contribution in [2.75, 3.05) is 6.54 Å². The Morgan fingerprint density at radius 1 is 0.966 bits per heavy atom. The van der Waals surface area contributed by atoms with E-state index in [0.29, 0.717) is 17.7 Å². The summed E-state index contributed by atoms with van der Waals surface area (Å²) < 4.78 is 5.49. The summed E-state index contributed by atoms with van der Waals surface area (Å²) in [6, 6.07) is 8.01. The highest BCUT2D eigenvalue weighted by Crippen LogP contribution is 2.45. The summed E-state index contributed by atoms with van der Waals surface area (Å²) >= 11 is 0. The van der Waals surface area contributed by atoms with E-state index < -0.39 is 0 Å². The molecule has 3 heteroatoms. The first-order valence-electron chi connectivity index (χ1n) is 11.9. The second kappa shape index (κ2) is 11.6. The van der Waals surface area contributed by atoms with Crippen LogP contribution in [0.15, 0.2) is 24.3 Å². The highest BCUT2D eigenvalue weighted by molar-refractivity contribution is 5.70. The van der Waals surface area contributed by atoms with Crippen molar-refractivity contribution in [3.8, 4) is 5.75 Å². The molecule has 0 heterocycles. The third kappa shape index (κ3) is 9.23. The highest BCUT2D eigenvalue weighted by atomic mass is 16.6. The van der Waals surface area contributed by atoms with Gasteiger partial charge in [0.1, 0.15) is 5.75 Å². The Balaban J connectivity index is 1.66. The van der Waals surface area contributed by atoms with Crippen LogP contribution >= 0.6 is 0 Å². The molecule has 0 saturated heterocycles. The van der Waals surface area contributed by atoms with Crippen molar-refractivity contribution in [3.63, 3.8) is 0 Å². The number of aryl methyl sites for hydroxylation is 1. The maximum absolute atomic E-state index is 12.2. The number of amides is 1. The Morgan fingerprint density at radius 3 is 2.28 bits per heavy atom. The van der Waals surface area contributed by atoms with Crippen LogP contribution in [0.4, 0.5) is 4.79 Å². The van der Waals surface area contributed by atoms with Gasteiger partial charge in [0.2, 0.25) is 0 Å².